The van der Waals surface area contributed by atoms with Gasteiger partial charge in [0.15, 0.2) is 0 Å². The van der Waals surface area contributed by atoms with E-state index in [0.29, 0.717) is 6.54 Å². The van der Waals surface area contributed by atoms with E-state index in [4.69, 9.17) is 5.73 Å². The van der Waals surface area contributed by atoms with Crippen LogP contribution >= 0.6 is 0 Å². The van der Waals surface area contributed by atoms with Gasteiger partial charge in [0, 0.05) is 10.1 Å². The molecule has 2 rings (SSSR count). The molecule has 0 heterocycles. The van der Waals surface area contributed by atoms with Crippen molar-refractivity contribution in [2.75, 3.05) is 6.54 Å². The van der Waals surface area contributed by atoms with Crippen molar-refractivity contribution < 1.29 is 17.4 Å². The van der Waals surface area contributed by atoms with E-state index in [9.17, 15) is 17.4 Å². The van der Waals surface area contributed by atoms with Crippen LogP contribution < -0.4 is 5.73 Å². The lowest BCUT2D eigenvalue weighted by atomic mass is 10.0. The molecule has 0 radical (unpaired) electrons. The van der Waals surface area contributed by atoms with E-state index in [1.165, 1.54) is 12.1 Å². The van der Waals surface area contributed by atoms with E-state index in [2.05, 4.69) is 0 Å². The SMILES string of the molecule is NCC1CCCCCC1S(=O)c1cccc(C(F)(F)F)c1. The molecule has 0 aliphatic heterocycles. The Morgan fingerprint density at radius 1 is 1.19 bits per heavy atom. The summed E-state index contributed by atoms with van der Waals surface area (Å²) in [5.74, 6) is 0.128. The summed E-state index contributed by atoms with van der Waals surface area (Å²) in [6.45, 7) is 0.440. The van der Waals surface area contributed by atoms with Crippen molar-refractivity contribution >= 4 is 10.8 Å². The maximum absolute atomic E-state index is 12.8. The fourth-order valence-electron chi connectivity index (χ4n) is 2.87. The fraction of sp³-hybridized carbons (Fsp3) is 0.600. The third-order valence-electron chi connectivity index (χ3n) is 4.06. The summed E-state index contributed by atoms with van der Waals surface area (Å²) in [7, 11) is -1.44. The van der Waals surface area contributed by atoms with Crippen molar-refractivity contribution in [2.24, 2.45) is 11.7 Å². The molecule has 2 N–H and O–H groups in total. The van der Waals surface area contributed by atoms with Crippen molar-refractivity contribution in [3.8, 4) is 0 Å². The topological polar surface area (TPSA) is 43.1 Å². The van der Waals surface area contributed by atoms with Crippen LogP contribution in [0.15, 0.2) is 29.2 Å². The van der Waals surface area contributed by atoms with E-state index in [0.717, 1.165) is 44.2 Å². The fourth-order valence-corrected chi connectivity index (χ4v) is 4.66. The van der Waals surface area contributed by atoms with Gasteiger partial charge in [-0.2, -0.15) is 13.2 Å². The quantitative estimate of drug-likeness (QED) is 0.863. The lowest BCUT2D eigenvalue weighted by Gasteiger charge is -2.23. The molecule has 118 valence electrons. The smallest absolute Gasteiger partial charge is 0.330 e. The van der Waals surface area contributed by atoms with E-state index in [-0.39, 0.29) is 16.1 Å². The first-order valence-electron chi connectivity index (χ1n) is 7.21. The van der Waals surface area contributed by atoms with Gasteiger partial charge in [0.1, 0.15) is 0 Å². The maximum Gasteiger partial charge on any atom is 0.416 e. The van der Waals surface area contributed by atoms with Crippen molar-refractivity contribution in [1.82, 2.24) is 0 Å². The number of hydrogen-bond donors (Lipinski definition) is 1. The van der Waals surface area contributed by atoms with Crippen LogP contribution in [-0.2, 0) is 17.0 Å². The van der Waals surface area contributed by atoms with Crippen LogP contribution in [0.1, 0.15) is 37.7 Å². The summed E-state index contributed by atoms with van der Waals surface area (Å²) in [4.78, 5) is 0.259. The third-order valence-corrected chi connectivity index (χ3v) is 5.95. The van der Waals surface area contributed by atoms with Gasteiger partial charge < -0.3 is 5.73 Å². The summed E-state index contributed by atoms with van der Waals surface area (Å²) in [5.41, 5.74) is 5.02. The normalized spacial score (nSPS) is 25.3. The zero-order valence-electron chi connectivity index (χ0n) is 11.7. The van der Waals surface area contributed by atoms with Crippen LogP contribution in [0.5, 0.6) is 0 Å². The zero-order valence-corrected chi connectivity index (χ0v) is 12.6. The average Bonchev–Trinajstić information content (AvgIpc) is 2.70. The Labute approximate surface area is 125 Å². The molecule has 21 heavy (non-hydrogen) atoms. The molecule has 1 fully saturated rings. The van der Waals surface area contributed by atoms with Gasteiger partial charge >= 0.3 is 6.18 Å². The number of nitrogens with two attached hydrogens (primary N) is 1. The maximum atomic E-state index is 12.8. The van der Waals surface area contributed by atoms with Crippen LogP contribution in [0.25, 0.3) is 0 Å². The van der Waals surface area contributed by atoms with E-state index < -0.39 is 22.5 Å². The predicted octanol–water partition coefficient (Wildman–Crippen LogP) is 3.72. The van der Waals surface area contributed by atoms with Gasteiger partial charge in [0.2, 0.25) is 0 Å². The molecule has 0 amide bonds. The Kier molecular flexibility index (Phi) is 5.43. The summed E-state index contributed by atoms with van der Waals surface area (Å²) < 4.78 is 51.0. The average molecular weight is 319 g/mol. The second kappa shape index (κ2) is 6.92. The molecule has 3 atom stereocenters. The van der Waals surface area contributed by atoms with Crippen LogP contribution in [-0.4, -0.2) is 16.0 Å². The largest absolute Gasteiger partial charge is 0.416 e. The first kappa shape index (κ1) is 16.5. The van der Waals surface area contributed by atoms with Gasteiger partial charge in [-0.05, 0) is 43.5 Å². The molecule has 1 aromatic carbocycles. The van der Waals surface area contributed by atoms with Crippen molar-refractivity contribution in [3.63, 3.8) is 0 Å². The van der Waals surface area contributed by atoms with Crippen LogP contribution in [0.4, 0.5) is 13.2 Å². The molecular formula is C15H20F3NOS. The number of benzene rings is 1. The Morgan fingerprint density at radius 2 is 1.90 bits per heavy atom. The van der Waals surface area contributed by atoms with Gasteiger partial charge in [-0.1, -0.05) is 25.3 Å². The van der Waals surface area contributed by atoms with Crippen LogP contribution in [0.2, 0.25) is 0 Å². The molecule has 6 heteroatoms. The first-order chi connectivity index (χ1) is 9.93. The highest BCUT2D eigenvalue weighted by atomic mass is 32.2. The molecule has 2 nitrogen and oxygen atoms in total. The lowest BCUT2D eigenvalue weighted by molar-refractivity contribution is -0.137. The molecule has 3 unspecified atom stereocenters. The summed E-state index contributed by atoms with van der Waals surface area (Å²) in [6.07, 6.45) is 0.365. The van der Waals surface area contributed by atoms with E-state index in [1.54, 1.807) is 0 Å². The Hall–Kier alpha value is -0.880. The molecule has 1 saturated carbocycles. The van der Waals surface area contributed by atoms with Crippen LogP contribution in [0, 0.1) is 5.92 Å². The minimum absolute atomic E-state index is 0.128. The second-order valence-corrected chi connectivity index (χ2v) is 7.17. The van der Waals surface area contributed by atoms with Gasteiger partial charge in [-0.3, -0.25) is 4.21 Å². The van der Waals surface area contributed by atoms with Gasteiger partial charge in [0.25, 0.3) is 0 Å². The number of alkyl halides is 3. The van der Waals surface area contributed by atoms with Crippen molar-refractivity contribution in [2.45, 2.75) is 48.4 Å². The van der Waals surface area contributed by atoms with Gasteiger partial charge in [0.05, 0.1) is 16.4 Å². The predicted molar refractivity (Wildman–Crippen MR) is 77.3 cm³/mol. The molecule has 0 spiro atoms. The molecule has 1 aromatic rings. The first-order valence-corrected chi connectivity index (χ1v) is 8.42. The number of halogens is 3. The van der Waals surface area contributed by atoms with E-state index >= 15 is 0 Å². The Balaban J connectivity index is 2.25. The highest BCUT2D eigenvalue weighted by molar-refractivity contribution is 7.85. The zero-order chi connectivity index (χ0) is 15.5. The molecule has 1 aliphatic carbocycles. The molecule has 0 bridgehead atoms. The van der Waals surface area contributed by atoms with E-state index in [1.807, 2.05) is 0 Å². The highest BCUT2D eigenvalue weighted by Gasteiger charge is 2.33. The summed E-state index contributed by atoms with van der Waals surface area (Å²) in [5, 5.41) is -0.138. The van der Waals surface area contributed by atoms with Gasteiger partial charge in [-0.25, -0.2) is 0 Å². The second-order valence-electron chi connectivity index (χ2n) is 5.50. The summed E-state index contributed by atoms with van der Waals surface area (Å²) >= 11 is 0. The van der Waals surface area contributed by atoms with Crippen molar-refractivity contribution in [1.29, 1.82) is 0 Å². The summed E-state index contributed by atoms with van der Waals surface area (Å²) in [6, 6.07) is 4.86. The molecule has 1 aliphatic rings. The van der Waals surface area contributed by atoms with Gasteiger partial charge in [-0.15, -0.1) is 0 Å². The molecular weight excluding hydrogens is 299 g/mol. The Bertz CT molecular complexity index is 504. The standard InChI is InChI=1S/C15H20F3NOS/c16-15(17,18)12-6-4-7-13(9-12)21(20)14-8-3-1-2-5-11(14)10-19/h4,6-7,9,11,14H,1-3,5,8,10,19H2. The molecule has 0 saturated heterocycles. The monoisotopic (exact) mass is 319 g/mol. The third kappa shape index (κ3) is 4.07. The molecule has 0 aromatic heterocycles. The minimum atomic E-state index is -4.41. The highest BCUT2D eigenvalue weighted by Crippen LogP contribution is 2.33. The Morgan fingerprint density at radius 3 is 2.57 bits per heavy atom. The van der Waals surface area contributed by atoms with Crippen molar-refractivity contribution in [3.05, 3.63) is 29.8 Å². The minimum Gasteiger partial charge on any atom is -0.330 e. The number of hydrogen-bond acceptors (Lipinski definition) is 2. The van der Waals surface area contributed by atoms with Crippen LogP contribution in [0.3, 0.4) is 0 Å². The lowest BCUT2D eigenvalue weighted by Crippen LogP contribution is -2.30. The number of rotatable bonds is 3.